The molecule has 2 aromatic carbocycles. The van der Waals surface area contributed by atoms with Gasteiger partial charge in [0.05, 0.1) is 21.4 Å². The molecule has 0 aliphatic carbocycles. The molecule has 0 aliphatic rings. The molecule has 3 N–H and O–H groups in total. The van der Waals surface area contributed by atoms with Gasteiger partial charge in [-0.2, -0.15) is 0 Å². The molecule has 4 nitrogen and oxygen atoms in total. The Hall–Kier alpha value is -0.470. The second kappa shape index (κ2) is 6.34. The van der Waals surface area contributed by atoms with Crippen LogP contribution in [0.3, 0.4) is 0 Å². The first-order valence-corrected chi connectivity index (χ1v) is 9.25. The smallest absolute Gasteiger partial charge is 0.264 e. The molecule has 0 aliphatic heterocycles. The lowest BCUT2D eigenvalue weighted by molar-refractivity contribution is 0.601. The summed E-state index contributed by atoms with van der Waals surface area (Å²) in [6.45, 7) is 0. The molecule has 21 heavy (non-hydrogen) atoms. The summed E-state index contributed by atoms with van der Waals surface area (Å²) in [4.78, 5) is -0.0630. The molecule has 0 heterocycles. The number of nitrogens with one attached hydrogen (secondary N) is 1. The van der Waals surface area contributed by atoms with Crippen LogP contribution < -0.4 is 10.5 Å². The SMILES string of the molecule is Nc1ccc(Br)cc1S(=O)(=O)Nc1c(Cl)cc(Br)cc1Cl. The van der Waals surface area contributed by atoms with Crippen molar-refractivity contribution in [3.05, 3.63) is 49.3 Å². The van der Waals surface area contributed by atoms with E-state index in [0.717, 1.165) is 0 Å². The summed E-state index contributed by atoms with van der Waals surface area (Å²) in [6.07, 6.45) is 0. The third-order valence-electron chi connectivity index (χ3n) is 2.51. The highest BCUT2D eigenvalue weighted by Crippen LogP contribution is 2.36. The zero-order chi connectivity index (χ0) is 15.8. The molecule has 0 amide bonds. The molecule has 112 valence electrons. The fourth-order valence-corrected chi connectivity index (χ4v) is 4.76. The Morgan fingerprint density at radius 3 is 2.14 bits per heavy atom. The Morgan fingerprint density at radius 1 is 1.00 bits per heavy atom. The second-order valence-corrected chi connectivity index (χ2v) is 8.33. The molecule has 9 heteroatoms. The Kier molecular flexibility index (Phi) is 5.10. The summed E-state index contributed by atoms with van der Waals surface area (Å²) in [7, 11) is -3.91. The summed E-state index contributed by atoms with van der Waals surface area (Å²) in [6, 6.07) is 7.61. The quantitative estimate of drug-likeness (QED) is 0.621. The standard InChI is InChI=1S/C12H8Br2Cl2N2O2S/c13-6-1-2-10(17)11(5-6)21(19,20)18-12-8(15)3-7(14)4-9(12)16/h1-5,18H,17H2. The van der Waals surface area contributed by atoms with Crippen molar-refractivity contribution in [3.8, 4) is 0 Å². The molecular formula is C12H8Br2Cl2N2O2S. The van der Waals surface area contributed by atoms with Crippen LogP contribution in [0.4, 0.5) is 11.4 Å². The van der Waals surface area contributed by atoms with Crippen LogP contribution in [0.25, 0.3) is 0 Å². The van der Waals surface area contributed by atoms with Gasteiger partial charge in [0.1, 0.15) is 4.90 Å². The van der Waals surface area contributed by atoms with Crippen molar-refractivity contribution >= 4 is 76.5 Å². The number of anilines is 2. The van der Waals surface area contributed by atoms with Crippen LogP contribution >= 0.6 is 55.1 Å². The van der Waals surface area contributed by atoms with Gasteiger partial charge in [0.2, 0.25) is 0 Å². The van der Waals surface area contributed by atoms with E-state index in [1.54, 1.807) is 6.07 Å². The lowest BCUT2D eigenvalue weighted by Crippen LogP contribution is -2.15. The fraction of sp³-hybridized carbons (Fsp3) is 0. The number of halogens is 4. The van der Waals surface area contributed by atoms with Crippen molar-refractivity contribution in [2.24, 2.45) is 0 Å². The lowest BCUT2D eigenvalue weighted by Gasteiger charge is -2.13. The minimum absolute atomic E-state index is 0.0630. The summed E-state index contributed by atoms with van der Waals surface area (Å²) in [5.74, 6) is 0. The van der Waals surface area contributed by atoms with Gasteiger partial charge in [0.15, 0.2) is 0 Å². The topological polar surface area (TPSA) is 72.2 Å². The molecule has 0 saturated heterocycles. The molecule has 0 atom stereocenters. The van der Waals surface area contributed by atoms with Gasteiger partial charge in [-0.25, -0.2) is 8.42 Å². The Morgan fingerprint density at radius 2 is 1.57 bits per heavy atom. The first-order valence-electron chi connectivity index (χ1n) is 5.43. The fourth-order valence-electron chi connectivity index (χ4n) is 1.57. The summed E-state index contributed by atoms with van der Waals surface area (Å²) in [5.41, 5.74) is 5.93. The molecule has 0 fully saturated rings. The molecule has 2 rings (SSSR count). The van der Waals surface area contributed by atoms with Gasteiger partial charge in [-0.1, -0.05) is 55.1 Å². The van der Waals surface area contributed by atoms with Gasteiger partial charge in [0.25, 0.3) is 10.0 Å². The minimum Gasteiger partial charge on any atom is -0.398 e. The van der Waals surface area contributed by atoms with Gasteiger partial charge < -0.3 is 5.73 Å². The van der Waals surface area contributed by atoms with Gasteiger partial charge in [0, 0.05) is 8.95 Å². The Bertz CT molecular complexity index is 790. The number of hydrogen-bond donors (Lipinski definition) is 2. The zero-order valence-corrected chi connectivity index (χ0v) is 15.7. The number of hydrogen-bond acceptors (Lipinski definition) is 3. The third kappa shape index (κ3) is 3.84. The van der Waals surface area contributed by atoms with E-state index in [9.17, 15) is 8.42 Å². The highest BCUT2D eigenvalue weighted by molar-refractivity contribution is 9.10. The average molecular weight is 475 g/mol. The first-order chi connectivity index (χ1) is 9.70. The maximum atomic E-state index is 12.4. The zero-order valence-electron chi connectivity index (χ0n) is 10.2. The molecule has 0 radical (unpaired) electrons. The van der Waals surface area contributed by atoms with E-state index in [2.05, 4.69) is 36.6 Å². The largest absolute Gasteiger partial charge is 0.398 e. The van der Waals surface area contributed by atoms with Crippen LogP contribution in [0.2, 0.25) is 10.0 Å². The Balaban J connectivity index is 2.50. The van der Waals surface area contributed by atoms with Gasteiger partial charge >= 0.3 is 0 Å². The van der Waals surface area contributed by atoms with Crippen LogP contribution in [-0.2, 0) is 10.0 Å². The summed E-state index contributed by atoms with van der Waals surface area (Å²) < 4.78 is 28.4. The van der Waals surface area contributed by atoms with E-state index in [-0.39, 0.29) is 26.3 Å². The van der Waals surface area contributed by atoms with E-state index < -0.39 is 10.0 Å². The highest BCUT2D eigenvalue weighted by Gasteiger charge is 2.21. The summed E-state index contributed by atoms with van der Waals surface area (Å²) in [5, 5.41) is 0.345. The van der Waals surface area contributed by atoms with Gasteiger partial charge in [-0.3, -0.25) is 4.72 Å². The summed E-state index contributed by atoms with van der Waals surface area (Å²) >= 11 is 18.5. The average Bonchev–Trinajstić information content (AvgIpc) is 2.36. The number of rotatable bonds is 3. The predicted octanol–water partition coefficient (Wildman–Crippen LogP) is 4.90. The number of nitrogens with two attached hydrogens (primary N) is 1. The number of sulfonamides is 1. The lowest BCUT2D eigenvalue weighted by atomic mass is 10.3. The van der Waals surface area contributed by atoms with Crippen LogP contribution in [-0.4, -0.2) is 8.42 Å². The van der Waals surface area contributed by atoms with Crippen molar-refractivity contribution < 1.29 is 8.42 Å². The highest BCUT2D eigenvalue weighted by atomic mass is 79.9. The van der Waals surface area contributed by atoms with Crippen LogP contribution in [0.1, 0.15) is 0 Å². The number of benzene rings is 2. The van der Waals surface area contributed by atoms with Crippen molar-refractivity contribution in [2.45, 2.75) is 4.90 Å². The van der Waals surface area contributed by atoms with Crippen molar-refractivity contribution in [1.29, 1.82) is 0 Å². The maximum absolute atomic E-state index is 12.4. The van der Waals surface area contributed by atoms with Crippen LogP contribution in [0.15, 0.2) is 44.2 Å². The monoisotopic (exact) mass is 472 g/mol. The van der Waals surface area contributed by atoms with E-state index >= 15 is 0 Å². The van der Waals surface area contributed by atoms with Crippen LogP contribution in [0.5, 0.6) is 0 Å². The van der Waals surface area contributed by atoms with Gasteiger partial charge in [-0.05, 0) is 30.3 Å². The van der Waals surface area contributed by atoms with E-state index in [1.165, 1.54) is 24.3 Å². The number of nitrogen functional groups attached to an aromatic ring is 1. The second-order valence-electron chi connectivity index (χ2n) is 4.03. The predicted molar refractivity (Wildman–Crippen MR) is 93.5 cm³/mol. The third-order valence-corrected chi connectivity index (χ3v) is 5.46. The molecule has 0 saturated carbocycles. The van der Waals surface area contributed by atoms with Crippen molar-refractivity contribution in [1.82, 2.24) is 0 Å². The van der Waals surface area contributed by atoms with Crippen molar-refractivity contribution in [3.63, 3.8) is 0 Å². The van der Waals surface area contributed by atoms with Crippen LogP contribution in [0, 0.1) is 0 Å². The van der Waals surface area contributed by atoms with E-state index in [0.29, 0.717) is 8.95 Å². The molecule has 0 spiro atoms. The Labute approximate surface area is 148 Å². The molecule has 2 aromatic rings. The first kappa shape index (κ1) is 16.9. The normalized spacial score (nSPS) is 11.4. The molecule has 0 bridgehead atoms. The maximum Gasteiger partial charge on any atom is 0.264 e. The molecular weight excluding hydrogens is 467 g/mol. The molecule has 0 unspecified atom stereocenters. The van der Waals surface area contributed by atoms with Gasteiger partial charge in [-0.15, -0.1) is 0 Å². The van der Waals surface area contributed by atoms with E-state index in [1.807, 2.05) is 0 Å². The minimum atomic E-state index is -3.91. The molecule has 0 aromatic heterocycles. The van der Waals surface area contributed by atoms with E-state index in [4.69, 9.17) is 28.9 Å². The van der Waals surface area contributed by atoms with Crippen molar-refractivity contribution in [2.75, 3.05) is 10.5 Å².